The highest BCUT2D eigenvalue weighted by Gasteiger charge is 2.05. The van der Waals surface area contributed by atoms with Gasteiger partial charge in [0.15, 0.2) is 0 Å². The Morgan fingerprint density at radius 2 is 2.12 bits per heavy atom. The monoisotopic (exact) mass is 233 g/mol. The number of ether oxygens (including phenoxy) is 1. The molecule has 0 atom stereocenters. The summed E-state index contributed by atoms with van der Waals surface area (Å²) in [6.07, 6.45) is 1.63. The lowest BCUT2D eigenvalue weighted by molar-refractivity contribution is 0.410. The predicted molar refractivity (Wildman–Crippen MR) is 62.8 cm³/mol. The number of pyridine rings is 1. The van der Waals surface area contributed by atoms with E-state index < -0.39 is 0 Å². The largest absolute Gasteiger partial charge is 0.497 e. The highest BCUT2D eigenvalue weighted by atomic mass is 19.1. The molecule has 3 nitrogen and oxygen atoms in total. The van der Waals surface area contributed by atoms with Gasteiger partial charge in [0, 0.05) is 23.9 Å². The van der Waals surface area contributed by atoms with Crippen molar-refractivity contribution in [3.63, 3.8) is 0 Å². The van der Waals surface area contributed by atoms with Crippen molar-refractivity contribution in [3.8, 4) is 5.75 Å². The summed E-state index contributed by atoms with van der Waals surface area (Å²) in [5.74, 6) is 0.0896. The molecule has 1 heterocycles. The first-order valence-electron chi connectivity index (χ1n) is 5.18. The zero-order chi connectivity index (χ0) is 12.3. The first kappa shape index (κ1) is 11.4. The predicted octanol–water partition coefficient (Wildman–Crippen LogP) is 2.04. The third-order valence-corrected chi connectivity index (χ3v) is 2.50. The lowest BCUT2D eigenvalue weighted by atomic mass is 10.2. The van der Waals surface area contributed by atoms with Gasteiger partial charge in [-0.3, -0.25) is 4.79 Å². The van der Waals surface area contributed by atoms with Crippen LogP contribution in [0.1, 0.15) is 5.56 Å². The molecule has 88 valence electrons. The van der Waals surface area contributed by atoms with E-state index in [9.17, 15) is 9.18 Å². The maximum absolute atomic E-state index is 13.7. The number of benzene rings is 1. The molecule has 0 aliphatic carbocycles. The smallest absolute Gasteiger partial charge is 0.250 e. The third kappa shape index (κ3) is 2.53. The lowest BCUT2D eigenvalue weighted by Crippen LogP contribution is -2.18. The normalized spacial score (nSPS) is 10.2. The van der Waals surface area contributed by atoms with E-state index in [2.05, 4.69) is 0 Å². The number of aromatic nitrogens is 1. The van der Waals surface area contributed by atoms with Crippen LogP contribution < -0.4 is 10.3 Å². The second kappa shape index (κ2) is 4.82. The molecular weight excluding hydrogens is 221 g/mol. The highest BCUT2D eigenvalue weighted by molar-refractivity contribution is 5.29. The van der Waals surface area contributed by atoms with E-state index >= 15 is 0 Å². The van der Waals surface area contributed by atoms with Gasteiger partial charge in [-0.25, -0.2) is 4.39 Å². The van der Waals surface area contributed by atoms with Crippen molar-refractivity contribution in [3.05, 3.63) is 64.3 Å². The molecule has 0 N–H and O–H groups in total. The molecule has 0 aliphatic heterocycles. The van der Waals surface area contributed by atoms with Gasteiger partial charge in [0.25, 0.3) is 5.56 Å². The van der Waals surface area contributed by atoms with E-state index in [1.165, 1.54) is 23.8 Å². The Morgan fingerprint density at radius 1 is 1.29 bits per heavy atom. The summed E-state index contributed by atoms with van der Waals surface area (Å²) in [5.41, 5.74) is 0.307. The molecule has 4 heteroatoms. The number of hydrogen-bond donors (Lipinski definition) is 0. The zero-order valence-corrected chi connectivity index (χ0v) is 9.39. The molecule has 0 spiro atoms. The molecule has 0 saturated heterocycles. The molecule has 2 aromatic rings. The van der Waals surface area contributed by atoms with Gasteiger partial charge < -0.3 is 9.30 Å². The van der Waals surface area contributed by atoms with Gasteiger partial charge >= 0.3 is 0 Å². The average molecular weight is 233 g/mol. The fraction of sp³-hybridized carbons (Fsp3) is 0.154. The van der Waals surface area contributed by atoms with Gasteiger partial charge in [-0.15, -0.1) is 0 Å². The summed E-state index contributed by atoms with van der Waals surface area (Å²) in [5, 5.41) is 0. The number of halogens is 1. The summed E-state index contributed by atoms with van der Waals surface area (Å²) in [7, 11) is 1.48. The minimum Gasteiger partial charge on any atom is -0.497 e. The van der Waals surface area contributed by atoms with E-state index in [1.807, 2.05) is 0 Å². The standard InChI is InChI=1S/C13H12FNO2/c1-17-11-6-5-10(12(14)8-11)9-15-7-3-2-4-13(15)16/h2-8H,9H2,1H3. The maximum atomic E-state index is 13.7. The Kier molecular flexibility index (Phi) is 3.23. The van der Waals surface area contributed by atoms with E-state index in [1.54, 1.807) is 30.5 Å². The Morgan fingerprint density at radius 3 is 2.76 bits per heavy atom. The van der Waals surface area contributed by atoms with Crippen molar-refractivity contribution in [1.29, 1.82) is 0 Å². The number of methoxy groups -OCH3 is 1. The van der Waals surface area contributed by atoms with Crippen molar-refractivity contribution in [2.45, 2.75) is 6.54 Å². The highest BCUT2D eigenvalue weighted by Crippen LogP contribution is 2.16. The minimum atomic E-state index is -0.375. The van der Waals surface area contributed by atoms with Crippen LogP contribution in [-0.2, 0) is 6.54 Å². The van der Waals surface area contributed by atoms with Crippen molar-refractivity contribution in [1.82, 2.24) is 4.57 Å². The quantitative estimate of drug-likeness (QED) is 0.812. The van der Waals surface area contributed by atoms with Crippen molar-refractivity contribution in [2.24, 2.45) is 0 Å². The zero-order valence-electron chi connectivity index (χ0n) is 9.39. The SMILES string of the molecule is COc1ccc(Cn2ccccc2=O)c(F)c1. The molecule has 17 heavy (non-hydrogen) atoms. The molecular formula is C13H12FNO2. The topological polar surface area (TPSA) is 31.2 Å². The van der Waals surface area contributed by atoms with Gasteiger partial charge in [-0.2, -0.15) is 0 Å². The molecule has 0 saturated carbocycles. The first-order valence-corrected chi connectivity index (χ1v) is 5.18. The van der Waals surface area contributed by atoms with Gasteiger partial charge in [0.2, 0.25) is 0 Å². The lowest BCUT2D eigenvalue weighted by Gasteiger charge is -2.07. The molecule has 1 aromatic carbocycles. The van der Waals surface area contributed by atoms with Crippen LogP contribution in [0.15, 0.2) is 47.4 Å². The van der Waals surface area contributed by atoms with Gasteiger partial charge in [0.05, 0.1) is 13.7 Å². The fourth-order valence-corrected chi connectivity index (χ4v) is 1.56. The van der Waals surface area contributed by atoms with Gasteiger partial charge in [0.1, 0.15) is 11.6 Å². The molecule has 0 radical (unpaired) electrons. The van der Waals surface area contributed by atoms with Crippen LogP contribution in [0.2, 0.25) is 0 Å². The maximum Gasteiger partial charge on any atom is 0.250 e. The van der Waals surface area contributed by atoms with Crippen LogP contribution in [-0.4, -0.2) is 11.7 Å². The molecule has 2 rings (SSSR count). The van der Waals surface area contributed by atoms with E-state index in [0.29, 0.717) is 11.3 Å². The number of hydrogen-bond acceptors (Lipinski definition) is 2. The molecule has 0 aliphatic rings. The molecule has 0 amide bonds. The van der Waals surface area contributed by atoms with Crippen LogP contribution >= 0.6 is 0 Å². The van der Waals surface area contributed by atoms with Crippen molar-refractivity contribution < 1.29 is 9.13 Å². The Labute approximate surface area is 98.1 Å². The molecule has 0 unspecified atom stereocenters. The van der Waals surface area contributed by atoms with Gasteiger partial charge in [-0.05, 0) is 12.1 Å². The third-order valence-electron chi connectivity index (χ3n) is 2.50. The Balaban J connectivity index is 2.31. The van der Waals surface area contributed by atoms with E-state index in [-0.39, 0.29) is 17.9 Å². The van der Waals surface area contributed by atoms with Crippen LogP contribution in [0.5, 0.6) is 5.75 Å². The Hall–Kier alpha value is -2.10. The second-order valence-corrected chi connectivity index (χ2v) is 3.62. The van der Waals surface area contributed by atoms with Crippen LogP contribution in [0.4, 0.5) is 4.39 Å². The fourth-order valence-electron chi connectivity index (χ4n) is 1.56. The summed E-state index contributed by atoms with van der Waals surface area (Å²) < 4.78 is 20.0. The average Bonchev–Trinajstić information content (AvgIpc) is 2.34. The van der Waals surface area contributed by atoms with E-state index in [4.69, 9.17) is 4.74 Å². The van der Waals surface area contributed by atoms with Gasteiger partial charge in [-0.1, -0.05) is 12.1 Å². The number of rotatable bonds is 3. The Bertz CT molecular complexity index is 578. The summed E-state index contributed by atoms with van der Waals surface area (Å²) in [4.78, 5) is 11.5. The number of nitrogens with zero attached hydrogens (tertiary/aromatic N) is 1. The first-order chi connectivity index (χ1) is 8.20. The van der Waals surface area contributed by atoms with Crippen LogP contribution in [0.3, 0.4) is 0 Å². The van der Waals surface area contributed by atoms with E-state index in [0.717, 1.165) is 0 Å². The molecule has 1 aromatic heterocycles. The van der Waals surface area contributed by atoms with Crippen LogP contribution in [0.25, 0.3) is 0 Å². The van der Waals surface area contributed by atoms with Crippen LogP contribution in [0, 0.1) is 5.82 Å². The summed E-state index contributed by atoms with van der Waals surface area (Å²) >= 11 is 0. The van der Waals surface area contributed by atoms with Crippen molar-refractivity contribution >= 4 is 0 Å². The molecule has 0 fully saturated rings. The minimum absolute atomic E-state index is 0.150. The second-order valence-electron chi connectivity index (χ2n) is 3.62. The summed E-state index contributed by atoms with van der Waals surface area (Å²) in [6, 6.07) is 9.44. The summed E-state index contributed by atoms with van der Waals surface area (Å²) in [6.45, 7) is 0.218. The molecule has 0 bridgehead atoms. The van der Waals surface area contributed by atoms with Crippen molar-refractivity contribution in [2.75, 3.05) is 7.11 Å².